The summed E-state index contributed by atoms with van der Waals surface area (Å²) in [6, 6.07) is -0.282. The van der Waals surface area contributed by atoms with E-state index in [0.717, 1.165) is 0 Å². The van der Waals surface area contributed by atoms with E-state index >= 15 is 0 Å². The fourth-order valence-electron chi connectivity index (χ4n) is 2.06. The lowest BCUT2D eigenvalue weighted by Gasteiger charge is -2.31. The molecule has 0 aromatic carbocycles. The number of likely N-dealkylation sites (tertiary alicyclic amines) is 1. The van der Waals surface area contributed by atoms with Crippen molar-refractivity contribution in [2.24, 2.45) is 5.92 Å². The lowest BCUT2D eigenvalue weighted by Crippen LogP contribution is -2.42. The molecule has 2 atom stereocenters. The van der Waals surface area contributed by atoms with E-state index in [1.54, 1.807) is 0 Å². The quantitative estimate of drug-likeness (QED) is 0.610. The minimum atomic E-state index is -1.01. The van der Waals surface area contributed by atoms with Crippen LogP contribution < -0.4 is 3.53 Å². The first kappa shape index (κ1) is 11.5. The summed E-state index contributed by atoms with van der Waals surface area (Å²) in [6.07, 6.45) is -1.21. The Morgan fingerprint density at radius 1 is 1.33 bits per heavy atom. The first-order valence-electron chi connectivity index (χ1n) is 5.05. The molecular formula is C9H13F2IN2O. The highest BCUT2D eigenvalue weighted by Crippen LogP contribution is 2.32. The Hall–Kier alpha value is 0.0200. The molecule has 1 aliphatic carbocycles. The van der Waals surface area contributed by atoms with Crippen molar-refractivity contribution in [3.63, 3.8) is 0 Å². The maximum absolute atomic E-state index is 13.3. The van der Waals surface area contributed by atoms with E-state index in [9.17, 15) is 13.6 Å². The second kappa shape index (κ2) is 4.48. The summed E-state index contributed by atoms with van der Waals surface area (Å²) in [5.74, 6) is -0.291. The average molecular weight is 330 g/mol. The molecule has 1 amide bonds. The van der Waals surface area contributed by atoms with Crippen LogP contribution in [0.4, 0.5) is 8.78 Å². The van der Waals surface area contributed by atoms with E-state index < -0.39 is 12.3 Å². The number of halogens is 3. The first-order valence-corrected chi connectivity index (χ1v) is 6.12. The molecule has 1 unspecified atom stereocenters. The molecule has 0 bridgehead atoms. The second-order valence-electron chi connectivity index (χ2n) is 4.24. The maximum atomic E-state index is 13.3. The molecule has 1 N–H and O–H groups in total. The van der Waals surface area contributed by atoms with Gasteiger partial charge in [0.2, 0.25) is 5.91 Å². The highest BCUT2D eigenvalue weighted by Gasteiger charge is 2.41. The van der Waals surface area contributed by atoms with Crippen molar-refractivity contribution < 1.29 is 13.6 Å². The molecule has 1 saturated carbocycles. The van der Waals surface area contributed by atoms with Crippen molar-refractivity contribution >= 4 is 28.8 Å². The molecule has 2 rings (SSSR count). The minimum absolute atomic E-state index is 0.0827. The average Bonchev–Trinajstić information content (AvgIpc) is 2.54. The van der Waals surface area contributed by atoms with Crippen LogP contribution >= 0.6 is 22.9 Å². The molecule has 1 saturated heterocycles. The largest absolute Gasteiger partial charge is 0.338 e. The van der Waals surface area contributed by atoms with Crippen LogP contribution in [0.5, 0.6) is 0 Å². The smallest absolute Gasteiger partial charge is 0.226 e. The van der Waals surface area contributed by atoms with Crippen LogP contribution in [-0.4, -0.2) is 42.3 Å². The molecule has 2 fully saturated rings. The van der Waals surface area contributed by atoms with E-state index in [1.807, 2.05) is 22.9 Å². The number of nitrogens with one attached hydrogen (secondary N) is 1. The fourth-order valence-corrected chi connectivity index (χ4v) is 2.64. The number of hydrogen-bond donors (Lipinski definition) is 1. The summed E-state index contributed by atoms with van der Waals surface area (Å²) in [5, 5.41) is 0. The molecule has 0 radical (unpaired) electrons. The van der Waals surface area contributed by atoms with E-state index in [0.29, 0.717) is 19.4 Å². The molecule has 2 aliphatic rings. The molecule has 1 heterocycles. The van der Waals surface area contributed by atoms with Crippen LogP contribution in [-0.2, 0) is 4.79 Å². The van der Waals surface area contributed by atoms with Gasteiger partial charge in [-0.3, -0.25) is 8.32 Å². The van der Waals surface area contributed by atoms with Crippen LogP contribution in [0.25, 0.3) is 0 Å². The number of amides is 1. The van der Waals surface area contributed by atoms with E-state index in [4.69, 9.17) is 0 Å². The van der Waals surface area contributed by atoms with Gasteiger partial charge in [0.15, 0.2) is 0 Å². The van der Waals surface area contributed by atoms with Crippen molar-refractivity contribution in [3.05, 3.63) is 0 Å². The van der Waals surface area contributed by atoms with Gasteiger partial charge in [-0.25, -0.2) is 8.78 Å². The summed E-state index contributed by atoms with van der Waals surface area (Å²) < 4.78 is 28.7. The van der Waals surface area contributed by atoms with Gasteiger partial charge in [-0.1, -0.05) is 0 Å². The molecule has 15 heavy (non-hydrogen) atoms. The number of carbonyl (C=O) groups excluding carboxylic acids is 1. The lowest BCUT2D eigenvalue weighted by molar-refractivity contribution is -0.139. The van der Waals surface area contributed by atoms with Gasteiger partial charge in [-0.05, 0) is 12.8 Å². The summed E-state index contributed by atoms with van der Waals surface area (Å²) in [7, 11) is 0. The van der Waals surface area contributed by atoms with Crippen LogP contribution in [0.2, 0.25) is 0 Å². The number of rotatable bonds is 2. The third kappa shape index (κ3) is 2.25. The molecule has 0 spiro atoms. The fraction of sp³-hybridized carbons (Fsp3) is 0.889. The number of alkyl halides is 2. The summed E-state index contributed by atoms with van der Waals surface area (Å²) in [6.45, 7) is 0.545. The van der Waals surface area contributed by atoms with Gasteiger partial charge in [0.25, 0.3) is 0 Å². The SMILES string of the molecule is O=C(C1CC(F)C1)N1CC(NI)[C@@H](F)C1. The Kier molecular flexibility index (Phi) is 3.44. The zero-order valence-corrected chi connectivity index (χ0v) is 10.3. The monoisotopic (exact) mass is 330 g/mol. The highest BCUT2D eigenvalue weighted by atomic mass is 127. The summed E-state index contributed by atoms with van der Waals surface area (Å²) in [4.78, 5) is 13.3. The number of nitrogens with zero attached hydrogens (tertiary/aromatic N) is 1. The van der Waals surface area contributed by atoms with Gasteiger partial charge in [0, 0.05) is 35.3 Å². The van der Waals surface area contributed by atoms with Crippen molar-refractivity contribution in [1.29, 1.82) is 0 Å². The van der Waals surface area contributed by atoms with Crippen molar-refractivity contribution in [1.82, 2.24) is 8.43 Å². The normalized spacial score (nSPS) is 40.3. The molecule has 86 valence electrons. The first-order chi connectivity index (χ1) is 7.11. The van der Waals surface area contributed by atoms with E-state index in [2.05, 4.69) is 3.53 Å². The molecule has 0 aromatic heterocycles. The highest BCUT2D eigenvalue weighted by molar-refractivity contribution is 14.1. The number of carbonyl (C=O) groups is 1. The van der Waals surface area contributed by atoms with Crippen molar-refractivity contribution in [3.8, 4) is 0 Å². The molecular weight excluding hydrogens is 317 g/mol. The third-order valence-electron chi connectivity index (χ3n) is 3.13. The Labute approximate surface area is 101 Å². The van der Waals surface area contributed by atoms with Gasteiger partial charge in [-0.2, -0.15) is 0 Å². The number of hydrogen-bond acceptors (Lipinski definition) is 2. The Morgan fingerprint density at radius 2 is 2.00 bits per heavy atom. The Morgan fingerprint density at radius 3 is 2.47 bits per heavy atom. The van der Waals surface area contributed by atoms with E-state index in [1.165, 1.54) is 4.90 Å². The van der Waals surface area contributed by atoms with Crippen LogP contribution in [0.1, 0.15) is 12.8 Å². The molecule has 1 aliphatic heterocycles. The van der Waals surface area contributed by atoms with E-state index in [-0.39, 0.29) is 24.4 Å². The van der Waals surface area contributed by atoms with Gasteiger partial charge >= 0.3 is 0 Å². The van der Waals surface area contributed by atoms with Gasteiger partial charge < -0.3 is 4.90 Å². The van der Waals surface area contributed by atoms with Crippen molar-refractivity contribution in [2.45, 2.75) is 31.2 Å². The molecule has 6 heteroatoms. The standard InChI is InChI=1S/C9H13F2IN2O/c10-6-1-5(2-6)9(15)14-3-7(11)8(4-14)13-12/h5-8,13H,1-4H2/t5?,6?,7-,8?/m0/s1. The zero-order chi connectivity index (χ0) is 11.0. The van der Waals surface area contributed by atoms with Crippen molar-refractivity contribution in [2.75, 3.05) is 13.1 Å². The van der Waals surface area contributed by atoms with Crippen LogP contribution in [0.3, 0.4) is 0 Å². The molecule has 3 nitrogen and oxygen atoms in total. The summed E-state index contributed by atoms with van der Waals surface area (Å²) >= 11 is 1.89. The zero-order valence-electron chi connectivity index (χ0n) is 8.13. The minimum Gasteiger partial charge on any atom is -0.338 e. The third-order valence-corrected chi connectivity index (χ3v) is 3.93. The predicted molar refractivity (Wildman–Crippen MR) is 60.0 cm³/mol. The maximum Gasteiger partial charge on any atom is 0.226 e. The van der Waals surface area contributed by atoms with Crippen LogP contribution in [0.15, 0.2) is 0 Å². The summed E-state index contributed by atoms with van der Waals surface area (Å²) in [5.41, 5.74) is 0. The van der Waals surface area contributed by atoms with Gasteiger partial charge in [0.1, 0.15) is 12.3 Å². The Bertz CT molecular complexity index is 260. The van der Waals surface area contributed by atoms with Crippen LogP contribution in [0, 0.1) is 5.92 Å². The lowest BCUT2D eigenvalue weighted by atomic mass is 9.82. The van der Waals surface area contributed by atoms with Gasteiger partial charge in [-0.15, -0.1) is 0 Å². The second-order valence-corrected chi connectivity index (χ2v) is 4.86. The predicted octanol–water partition coefficient (Wildman–Crippen LogP) is 1.22. The molecule has 0 aromatic rings. The van der Waals surface area contributed by atoms with Gasteiger partial charge in [0.05, 0.1) is 12.6 Å². The Balaban J connectivity index is 1.87. The topological polar surface area (TPSA) is 32.3 Å².